The van der Waals surface area contributed by atoms with E-state index in [0.29, 0.717) is 37.5 Å². The monoisotopic (exact) mass is 454 g/mol. The van der Waals surface area contributed by atoms with Gasteiger partial charge in [-0.3, -0.25) is 0 Å². The van der Waals surface area contributed by atoms with Crippen molar-refractivity contribution in [3.63, 3.8) is 0 Å². The van der Waals surface area contributed by atoms with Crippen molar-refractivity contribution in [2.75, 3.05) is 0 Å². The lowest BCUT2D eigenvalue weighted by atomic mass is 10.1. The van der Waals surface area contributed by atoms with Crippen molar-refractivity contribution in [1.29, 1.82) is 5.26 Å². The number of aromatic nitrogens is 1. The lowest BCUT2D eigenvalue weighted by molar-refractivity contribution is 0.306. The normalized spacial score (nSPS) is 11.5. The number of hydrogen-bond donors (Lipinski definition) is 0. The van der Waals surface area contributed by atoms with E-state index in [1.165, 1.54) is 0 Å². The highest BCUT2D eigenvalue weighted by Crippen LogP contribution is 2.36. The molecule has 0 unspecified atom stereocenters. The van der Waals surface area contributed by atoms with Crippen LogP contribution in [0.3, 0.4) is 0 Å². The fourth-order valence-electron chi connectivity index (χ4n) is 2.88. The molecular formula is C23H13Cl3N2O2. The van der Waals surface area contributed by atoms with Crippen molar-refractivity contribution in [2.24, 2.45) is 0 Å². The number of rotatable bonds is 5. The molecule has 1 heterocycles. The topological polar surface area (TPSA) is 59.0 Å². The lowest BCUT2D eigenvalue weighted by Gasteiger charge is -2.11. The van der Waals surface area contributed by atoms with Crippen molar-refractivity contribution >= 4 is 57.6 Å². The third-order valence-corrected chi connectivity index (χ3v) is 5.05. The van der Waals surface area contributed by atoms with Gasteiger partial charge in [0.05, 0.1) is 10.0 Å². The largest absolute Gasteiger partial charge is 0.486 e. The highest BCUT2D eigenvalue weighted by Gasteiger charge is 2.13. The predicted octanol–water partition coefficient (Wildman–Crippen LogP) is 7.43. The number of fused-ring (bicyclic) bond motifs is 1. The number of halogens is 3. The molecule has 3 aromatic carbocycles. The van der Waals surface area contributed by atoms with Gasteiger partial charge >= 0.3 is 0 Å². The summed E-state index contributed by atoms with van der Waals surface area (Å²) in [5, 5.41) is 10.8. The first-order chi connectivity index (χ1) is 14.5. The van der Waals surface area contributed by atoms with Crippen LogP contribution in [0.15, 0.2) is 65.1 Å². The van der Waals surface area contributed by atoms with Crippen LogP contribution in [0, 0.1) is 11.3 Å². The fourth-order valence-corrected chi connectivity index (χ4v) is 3.70. The van der Waals surface area contributed by atoms with E-state index in [-0.39, 0.29) is 18.1 Å². The minimum absolute atomic E-state index is 0.229. The van der Waals surface area contributed by atoms with Crippen LogP contribution in [0.2, 0.25) is 15.1 Å². The number of para-hydroxylation sites is 2. The molecule has 1 aromatic heterocycles. The highest BCUT2D eigenvalue weighted by atomic mass is 35.5. The quantitative estimate of drug-likeness (QED) is 0.294. The zero-order valence-electron chi connectivity index (χ0n) is 15.4. The average molecular weight is 456 g/mol. The van der Waals surface area contributed by atoms with E-state index in [4.69, 9.17) is 44.0 Å². The molecule has 0 bridgehead atoms. The molecule has 0 saturated carbocycles. The molecule has 4 aromatic rings. The number of oxazole rings is 1. The van der Waals surface area contributed by atoms with E-state index < -0.39 is 0 Å². The Bertz CT molecular complexity index is 1250. The Morgan fingerprint density at radius 3 is 2.50 bits per heavy atom. The van der Waals surface area contributed by atoms with Crippen molar-refractivity contribution in [1.82, 2.24) is 4.98 Å². The van der Waals surface area contributed by atoms with Gasteiger partial charge < -0.3 is 9.15 Å². The summed E-state index contributed by atoms with van der Waals surface area (Å²) in [6.07, 6.45) is 1.61. The maximum atomic E-state index is 9.57. The highest BCUT2D eigenvalue weighted by molar-refractivity contribution is 6.37. The Morgan fingerprint density at radius 1 is 1.03 bits per heavy atom. The van der Waals surface area contributed by atoms with Crippen LogP contribution in [-0.2, 0) is 6.61 Å². The molecule has 7 heteroatoms. The molecule has 0 amide bonds. The molecule has 0 saturated heterocycles. The summed E-state index contributed by atoms with van der Waals surface area (Å²) < 4.78 is 11.5. The third kappa shape index (κ3) is 4.44. The van der Waals surface area contributed by atoms with E-state index in [9.17, 15) is 5.26 Å². The van der Waals surface area contributed by atoms with E-state index in [1.807, 2.05) is 30.3 Å². The van der Waals surface area contributed by atoms with Gasteiger partial charge in [-0.1, -0.05) is 59.1 Å². The van der Waals surface area contributed by atoms with Crippen LogP contribution in [-0.4, -0.2) is 4.98 Å². The van der Waals surface area contributed by atoms with Gasteiger partial charge in [0.15, 0.2) is 11.3 Å². The molecule has 0 aliphatic heterocycles. The molecule has 0 aliphatic carbocycles. The zero-order valence-corrected chi connectivity index (χ0v) is 17.7. The van der Waals surface area contributed by atoms with Gasteiger partial charge in [-0.05, 0) is 53.6 Å². The Morgan fingerprint density at radius 2 is 1.80 bits per heavy atom. The Kier molecular flexibility index (Phi) is 5.96. The molecule has 4 rings (SSSR count). The molecule has 148 valence electrons. The second-order valence-corrected chi connectivity index (χ2v) is 7.64. The standard InChI is InChI=1S/C23H13Cl3N2O2/c24-17-5-3-4-14(9-17)13-29-22-18(25)10-15(11-19(22)26)8-16(12-27)23-28-20-6-1-2-7-21(20)30-23/h1-11H,13H2/b16-8+. The Labute approximate surface area is 187 Å². The molecule has 0 atom stereocenters. The minimum atomic E-state index is 0.229. The first-order valence-electron chi connectivity index (χ1n) is 8.87. The molecule has 0 radical (unpaired) electrons. The number of nitriles is 1. The zero-order chi connectivity index (χ0) is 21.1. The van der Waals surface area contributed by atoms with Gasteiger partial charge in [0, 0.05) is 5.02 Å². The smallest absolute Gasteiger partial charge is 0.238 e. The van der Waals surface area contributed by atoms with Crippen LogP contribution >= 0.6 is 34.8 Å². The maximum absolute atomic E-state index is 9.57. The molecular weight excluding hydrogens is 443 g/mol. The summed E-state index contributed by atoms with van der Waals surface area (Å²) in [5.74, 6) is 0.586. The lowest BCUT2D eigenvalue weighted by Crippen LogP contribution is -1.97. The van der Waals surface area contributed by atoms with E-state index in [1.54, 1.807) is 36.4 Å². The summed E-state index contributed by atoms with van der Waals surface area (Å²) in [6, 6.07) is 20.1. The van der Waals surface area contributed by atoms with Crippen LogP contribution in [0.25, 0.3) is 22.7 Å². The predicted molar refractivity (Wildman–Crippen MR) is 120 cm³/mol. The van der Waals surface area contributed by atoms with Crippen LogP contribution in [0.1, 0.15) is 17.0 Å². The van der Waals surface area contributed by atoms with E-state index in [0.717, 1.165) is 5.56 Å². The Hall–Kier alpha value is -2.97. The molecule has 0 N–H and O–H groups in total. The summed E-state index contributed by atoms with van der Waals surface area (Å²) in [7, 11) is 0. The number of benzene rings is 3. The second kappa shape index (κ2) is 8.81. The first kappa shape index (κ1) is 20.3. The van der Waals surface area contributed by atoms with E-state index >= 15 is 0 Å². The third-order valence-electron chi connectivity index (χ3n) is 4.25. The van der Waals surface area contributed by atoms with Gasteiger partial charge in [-0.25, -0.2) is 4.98 Å². The molecule has 0 spiro atoms. The minimum Gasteiger partial charge on any atom is -0.486 e. The van der Waals surface area contributed by atoms with Gasteiger partial charge in [0.2, 0.25) is 5.89 Å². The van der Waals surface area contributed by atoms with Crippen LogP contribution in [0.5, 0.6) is 5.75 Å². The Balaban J connectivity index is 1.60. The van der Waals surface area contributed by atoms with Gasteiger partial charge in [0.25, 0.3) is 0 Å². The SMILES string of the molecule is N#C/C(=C\c1cc(Cl)c(OCc2cccc(Cl)c2)c(Cl)c1)c1nc2ccccc2o1. The van der Waals surface area contributed by atoms with Crippen LogP contribution < -0.4 is 4.74 Å². The molecule has 30 heavy (non-hydrogen) atoms. The number of hydrogen-bond acceptors (Lipinski definition) is 4. The summed E-state index contributed by atoms with van der Waals surface area (Å²) in [5.41, 5.74) is 3.05. The number of allylic oxidation sites excluding steroid dienone is 1. The maximum Gasteiger partial charge on any atom is 0.238 e. The van der Waals surface area contributed by atoms with Crippen LogP contribution in [0.4, 0.5) is 0 Å². The number of ether oxygens (including phenoxy) is 1. The van der Waals surface area contributed by atoms with Gasteiger partial charge in [-0.2, -0.15) is 5.26 Å². The molecule has 0 aliphatic rings. The summed E-state index contributed by atoms with van der Waals surface area (Å²) >= 11 is 18.8. The first-order valence-corrected chi connectivity index (χ1v) is 10.0. The number of nitrogens with zero attached hydrogens (tertiary/aromatic N) is 2. The summed E-state index contributed by atoms with van der Waals surface area (Å²) in [4.78, 5) is 4.35. The van der Waals surface area contributed by atoms with E-state index in [2.05, 4.69) is 11.1 Å². The van der Waals surface area contributed by atoms with Crippen molar-refractivity contribution in [3.8, 4) is 11.8 Å². The molecule has 4 nitrogen and oxygen atoms in total. The van der Waals surface area contributed by atoms with Crippen molar-refractivity contribution < 1.29 is 9.15 Å². The fraction of sp³-hybridized carbons (Fsp3) is 0.0435. The van der Waals surface area contributed by atoms with Crippen molar-refractivity contribution in [2.45, 2.75) is 6.61 Å². The molecule has 0 fully saturated rings. The van der Waals surface area contributed by atoms with Gasteiger partial charge in [-0.15, -0.1) is 0 Å². The summed E-state index contributed by atoms with van der Waals surface area (Å²) in [6.45, 7) is 0.265. The second-order valence-electron chi connectivity index (χ2n) is 6.39. The van der Waals surface area contributed by atoms with Crippen molar-refractivity contribution in [3.05, 3.63) is 92.7 Å². The average Bonchev–Trinajstić information content (AvgIpc) is 3.15. The van der Waals surface area contributed by atoms with Gasteiger partial charge in [0.1, 0.15) is 23.8 Å².